The van der Waals surface area contributed by atoms with Crippen LogP contribution in [-0.2, 0) is 4.79 Å². The van der Waals surface area contributed by atoms with Crippen LogP contribution in [0.3, 0.4) is 0 Å². The fourth-order valence-corrected chi connectivity index (χ4v) is 1.18. The van der Waals surface area contributed by atoms with Gasteiger partial charge in [0.25, 0.3) is 0 Å². The Morgan fingerprint density at radius 3 is 2.67 bits per heavy atom. The van der Waals surface area contributed by atoms with Crippen molar-refractivity contribution < 1.29 is 15.6 Å². The van der Waals surface area contributed by atoms with Gasteiger partial charge in [0.1, 0.15) is 0 Å². The highest BCUT2D eigenvalue weighted by Crippen LogP contribution is 2.41. The summed E-state index contributed by atoms with van der Waals surface area (Å²) in [6, 6.07) is 0. The second-order valence-corrected chi connectivity index (χ2v) is 2.77. The maximum absolute atomic E-state index is 10.4. The third-order valence-corrected chi connectivity index (χ3v) is 2.15. The molecule has 4 N–H and O–H groups in total. The molecule has 0 aliphatic heterocycles. The molecule has 0 unspecified atom stereocenters. The molecule has 1 aliphatic rings. The zero-order valence-corrected chi connectivity index (χ0v) is 5.55. The van der Waals surface area contributed by atoms with Crippen molar-refractivity contribution in [2.75, 3.05) is 0 Å². The lowest BCUT2D eigenvalue weighted by Gasteiger charge is -1.97. The van der Waals surface area contributed by atoms with E-state index in [9.17, 15) is 4.79 Å². The van der Waals surface area contributed by atoms with Gasteiger partial charge < -0.3 is 10.8 Å². The lowest BCUT2D eigenvalue weighted by atomic mass is 10.2. The Bertz CT molecular complexity index is 146. The summed E-state index contributed by atoms with van der Waals surface area (Å²) in [5.74, 6) is -0.413. The van der Waals surface area contributed by atoms with Crippen LogP contribution in [0.4, 0.5) is 0 Å². The van der Waals surface area contributed by atoms with Gasteiger partial charge in [0.05, 0.1) is 0 Å². The van der Waals surface area contributed by atoms with Crippen LogP contribution in [0.2, 0.25) is 0 Å². The quantitative estimate of drug-likeness (QED) is 0.528. The van der Waals surface area contributed by atoms with E-state index in [4.69, 9.17) is 5.11 Å². The van der Waals surface area contributed by atoms with E-state index < -0.39 is 11.5 Å². The average molecular weight is 130 g/mol. The van der Waals surface area contributed by atoms with Crippen LogP contribution in [-0.4, -0.2) is 16.6 Å². The van der Waals surface area contributed by atoms with Gasteiger partial charge >= 0.3 is 5.97 Å². The van der Waals surface area contributed by atoms with Gasteiger partial charge in [0.2, 0.25) is 0 Å². The minimum Gasteiger partial charge on any atom is -0.477 e. The number of rotatable bonds is 2. The van der Waals surface area contributed by atoms with Gasteiger partial charge in [-0.15, -0.1) is 0 Å². The molecule has 0 spiro atoms. The van der Waals surface area contributed by atoms with Crippen molar-refractivity contribution in [3.05, 3.63) is 0 Å². The van der Waals surface area contributed by atoms with E-state index in [0.29, 0.717) is 5.92 Å². The molecular weight excluding hydrogens is 118 g/mol. The van der Waals surface area contributed by atoms with E-state index in [1.54, 1.807) is 0 Å². The average Bonchev–Trinajstić information content (AvgIpc) is 2.44. The van der Waals surface area contributed by atoms with Gasteiger partial charge in [-0.2, -0.15) is 0 Å². The first kappa shape index (κ1) is 6.55. The Morgan fingerprint density at radius 1 is 2.00 bits per heavy atom. The van der Waals surface area contributed by atoms with E-state index in [2.05, 4.69) is 5.73 Å². The Kier molecular flexibility index (Phi) is 1.24. The Balaban J connectivity index is 2.52. The SMILES string of the molecule is CC[C@H]1C[C@@]1([NH3+])C(=O)O. The number of carboxylic acids is 1. The number of aliphatic carboxylic acids is 1. The van der Waals surface area contributed by atoms with Gasteiger partial charge in [0, 0.05) is 12.3 Å². The first-order valence-electron chi connectivity index (χ1n) is 3.20. The molecule has 52 valence electrons. The Hall–Kier alpha value is -0.570. The first-order chi connectivity index (χ1) is 4.11. The fourth-order valence-electron chi connectivity index (χ4n) is 1.18. The largest absolute Gasteiger partial charge is 0.477 e. The summed E-state index contributed by atoms with van der Waals surface area (Å²) < 4.78 is 0. The molecule has 0 saturated heterocycles. The van der Waals surface area contributed by atoms with Crippen LogP contribution < -0.4 is 5.73 Å². The van der Waals surface area contributed by atoms with Gasteiger partial charge in [0.15, 0.2) is 5.54 Å². The summed E-state index contributed by atoms with van der Waals surface area (Å²) >= 11 is 0. The maximum Gasteiger partial charge on any atom is 0.365 e. The maximum atomic E-state index is 10.4. The molecule has 0 amide bonds. The molecule has 0 heterocycles. The summed E-state index contributed by atoms with van der Waals surface area (Å²) in [7, 11) is 0. The van der Waals surface area contributed by atoms with Gasteiger partial charge in [-0.1, -0.05) is 6.92 Å². The number of carboxylic acid groups (broad SMARTS) is 1. The molecule has 1 saturated carbocycles. The van der Waals surface area contributed by atoms with Gasteiger partial charge in [-0.25, -0.2) is 4.79 Å². The zero-order chi connectivity index (χ0) is 7.07. The topological polar surface area (TPSA) is 64.9 Å². The highest BCUT2D eigenvalue weighted by atomic mass is 16.4. The molecule has 0 aromatic heterocycles. The number of hydrogen-bond acceptors (Lipinski definition) is 1. The van der Waals surface area contributed by atoms with Crippen molar-refractivity contribution in [2.45, 2.75) is 25.3 Å². The normalized spacial score (nSPS) is 40.4. The summed E-state index contributed by atoms with van der Waals surface area (Å²) in [4.78, 5) is 10.4. The first-order valence-corrected chi connectivity index (χ1v) is 3.20. The molecule has 0 radical (unpaired) electrons. The van der Waals surface area contributed by atoms with Crippen molar-refractivity contribution in [1.29, 1.82) is 0 Å². The Morgan fingerprint density at radius 2 is 2.56 bits per heavy atom. The lowest BCUT2D eigenvalue weighted by Crippen LogP contribution is -2.69. The van der Waals surface area contributed by atoms with Crippen molar-refractivity contribution in [2.24, 2.45) is 5.92 Å². The van der Waals surface area contributed by atoms with Crippen LogP contribution >= 0.6 is 0 Å². The zero-order valence-electron chi connectivity index (χ0n) is 5.55. The van der Waals surface area contributed by atoms with E-state index in [1.807, 2.05) is 6.92 Å². The standard InChI is InChI=1S/C6H11NO2/c1-2-4-3-6(4,7)5(8)9/h4H,2-3,7H2,1H3,(H,8,9)/p+1/t4-,6-/m0/s1. The van der Waals surface area contributed by atoms with Crippen LogP contribution in [0.1, 0.15) is 19.8 Å². The van der Waals surface area contributed by atoms with Gasteiger partial charge in [-0.3, -0.25) is 0 Å². The fraction of sp³-hybridized carbons (Fsp3) is 0.833. The molecular formula is C6H12NO2+. The number of carbonyl (C=O) groups is 1. The Labute approximate surface area is 53.9 Å². The third kappa shape index (κ3) is 0.812. The van der Waals surface area contributed by atoms with Crippen LogP contribution in [0.5, 0.6) is 0 Å². The summed E-state index contributed by atoms with van der Waals surface area (Å²) in [6.07, 6.45) is 1.70. The van der Waals surface area contributed by atoms with E-state index in [1.165, 1.54) is 0 Å². The molecule has 0 bridgehead atoms. The van der Waals surface area contributed by atoms with Crippen molar-refractivity contribution in [3.63, 3.8) is 0 Å². The van der Waals surface area contributed by atoms with Crippen LogP contribution in [0.25, 0.3) is 0 Å². The lowest BCUT2D eigenvalue weighted by molar-refractivity contribution is -0.429. The summed E-state index contributed by atoms with van der Waals surface area (Å²) in [5, 5.41) is 8.55. The number of quaternary nitrogens is 1. The molecule has 3 heteroatoms. The molecule has 1 fully saturated rings. The van der Waals surface area contributed by atoms with E-state index in [-0.39, 0.29) is 0 Å². The highest BCUT2D eigenvalue weighted by molar-refractivity contribution is 5.80. The van der Waals surface area contributed by atoms with E-state index >= 15 is 0 Å². The second kappa shape index (κ2) is 1.70. The van der Waals surface area contributed by atoms with Gasteiger partial charge in [-0.05, 0) is 6.42 Å². The van der Waals surface area contributed by atoms with Crippen molar-refractivity contribution >= 4 is 5.97 Å². The molecule has 1 rings (SSSR count). The molecule has 0 aromatic rings. The van der Waals surface area contributed by atoms with Crippen LogP contribution in [0.15, 0.2) is 0 Å². The third-order valence-electron chi connectivity index (χ3n) is 2.15. The molecule has 3 nitrogen and oxygen atoms in total. The predicted octanol–water partition coefficient (Wildman–Crippen LogP) is -0.518. The minimum atomic E-state index is -0.741. The molecule has 0 aromatic carbocycles. The van der Waals surface area contributed by atoms with Crippen molar-refractivity contribution in [1.82, 2.24) is 0 Å². The van der Waals surface area contributed by atoms with Crippen molar-refractivity contribution in [3.8, 4) is 0 Å². The molecule has 2 atom stereocenters. The summed E-state index contributed by atoms with van der Waals surface area (Å²) in [6.45, 7) is 2.00. The predicted molar refractivity (Wildman–Crippen MR) is 31.7 cm³/mol. The highest BCUT2D eigenvalue weighted by Gasteiger charge is 2.61. The smallest absolute Gasteiger partial charge is 0.365 e. The molecule has 9 heavy (non-hydrogen) atoms. The summed E-state index contributed by atoms with van der Waals surface area (Å²) in [5.41, 5.74) is 3.02. The molecule has 1 aliphatic carbocycles. The minimum absolute atomic E-state index is 0.329. The second-order valence-electron chi connectivity index (χ2n) is 2.77. The monoisotopic (exact) mass is 130 g/mol. The van der Waals surface area contributed by atoms with Crippen LogP contribution in [0, 0.1) is 5.92 Å². The van der Waals surface area contributed by atoms with E-state index in [0.717, 1.165) is 12.8 Å². The number of hydrogen-bond donors (Lipinski definition) is 2.